The van der Waals surface area contributed by atoms with Crippen molar-refractivity contribution >= 4 is 0 Å². The van der Waals surface area contributed by atoms with Gasteiger partial charge in [0.15, 0.2) is 0 Å². The number of nitrogens with zero attached hydrogens (tertiary/aromatic N) is 3. The molecule has 0 radical (unpaired) electrons. The highest BCUT2D eigenvalue weighted by Crippen LogP contribution is 2.24. The molecule has 0 amide bonds. The molecule has 0 atom stereocenters. The highest BCUT2D eigenvalue weighted by molar-refractivity contribution is 5.64. The number of ether oxygens (including phenoxy) is 1. The first-order chi connectivity index (χ1) is 15.3. The van der Waals surface area contributed by atoms with E-state index in [1.54, 1.807) is 7.11 Å². The summed E-state index contributed by atoms with van der Waals surface area (Å²) < 4.78 is 7.23. The van der Waals surface area contributed by atoms with Crippen molar-refractivity contribution < 1.29 is 4.74 Å². The van der Waals surface area contributed by atoms with Gasteiger partial charge in [0.2, 0.25) is 0 Å². The van der Waals surface area contributed by atoms with Gasteiger partial charge in [-0.1, -0.05) is 66.7 Å². The van der Waals surface area contributed by atoms with Crippen LogP contribution in [-0.2, 0) is 12.8 Å². The van der Waals surface area contributed by atoms with E-state index in [2.05, 4.69) is 71.1 Å². The molecule has 158 valence electrons. The summed E-state index contributed by atoms with van der Waals surface area (Å²) in [5.41, 5.74) is 6.82. The Morgan fingerprint density at radius 1 is 0.871 bits per heavy atom. The second kappa shape index (κ2) is 10.0. The van der Waals surface area contributed by atoms with Crippen molar-refractivity contribution in [3.8, 4) is 22.6 Å². The lowest BCUT2D eigenvalue weighted by Crippen LogP contribution is -2.17. The van der Waals surface area contributed by atoms with E-state index in [1.165, 1.54) is 16.7 Å². The third kappa shape index (κ3) is 5.01. The van der Waals surface area contributed by atoms with Crippen molar-refractivity contribution in [1.82, 2.24) is 20.3 Å². The summed E-state index contributed by atoms with van der Waals surface area (Å²) in [6, 6.07) is 27.1. The number of hydrogen-bond acceptors (Lipinski definition) is 4. The van der Waals surface area contributed by atoms with E-state index >= 15 is 0 Å². The Bertz CT molecular complexity index is 1090. The first-order valence-electron chi connectivity index (χ1n) is 10.7. The molecule has 3 aromatic carbocycles. The van der Waals surface area contributed by atoms with Crippen molar-refractivity contribution in [2.75, 3.05) is 20.2 Å². The summed E-state index contributed by atoms with van der Waals surface area (Å²) in [5.74, 6) is 0.868. The Labute approximate surface area is 183 Å². The van der Waals surface area contributed by atoms with Crippen molar-refractivity contribution in [3.63, 3.8) is 0 Å². The van der Waals surface area contributed by atoms with Gasteiger partial charge < -0.3 is 10.1 Å². The van der Waals surface area contributed by atoms with E-state index < -0.39 is 0 Å². The fourth-order valence-electron chi connectivity index (χ4n) is 3.66. The highest BCUT2D eigenvalue weighted by atomic mass is 16.5. The summed E-state index contributed by atoms with van der Waals surface area (Å²) in [6.07, 6.45) is 1.65. The highest BCUT2D eigenvalue weighted by Gasteiger charge is 2.15. The lowest BCUT2D eigenvalue weighted by atomic mass is 10.0. The van der Waals surface area contributed by atoms with Crippen molar-refractivity contribution in [2.24, 2.45) is 0 Å². The van der Waals surface area contributed by atoms with E-state index in [0.29, 0.717) is 0 Å². The molecule has 0 spiro atoms. The largest absolute Gasteiger partial charge is 0.497 e. The van der Waals surface area contributed by atoms with E-state index in [1.807, 2.05) is 35.0 Å². The van der Waals surface area contributed by atoms with Crippen LogP contribution >= 0.6 is 0 Å². The number of methoxy groups -OCH3 is 1. The van der Waals surface area contributed by atoms with E-state index in [9.17, 15) is 0 Å². The van der Waals surface area contributed by atoms with Crippen molar-refractivity contribution in [2.45, 2.75) is 19.8 Å². The van der Waals surface area contributed by atoms with Crippen LogP contribution in [0.4, 0.5) is 0 Å². The van der Waals surface area contributed by atoms with E-state index in [4.69, 9.17) is 4.74 Å². The lowest BCUT2D eigenvalue weighted by Gasteiger charge is -2.10. The Morgan fingerprint density at radius 3 is 2.19 bits per heavy atom. The number of para-hydroxylation sites is 1. The SMILES string of the molecule is CCNCCc1nnn(-c2ccccc2)c1Cc1ccc(-c2ccc(OC)cc2)cc1. The quantitative estimate of drug-likeness (QED) is 0.405. The molecule has 0 aliphatic carbocycles. The minimum absolute atomic E-state index is 0.784. The molecule has 31 heavy (non-hydrogen) atoms. The average molecular weight is 413 g/mol. The van der Waals surface area contributed by atoms with Gasteiger partial charge in [0.1, 0.15) is 5.75 Å². The van der Waals surface area contributed by atoms with Crippen LogP contribution in [0.5, 0.6) is 5.75 Å². The van der Waals surface area contributed by atoms with Crippen molar-refractivity contribution in [1.29, 1.82) is 0 Å². The summed E-state index contributed by atoms with van der Waals surface area (Å²) >= 11 is 0. The number of benzene rings is 3. The molecule has 0 unspecified atom stereocenters. The van der Waals surface area contributed by atoms with Crippen LogP contribution in [0.1, 0.15) is 23.9 Å². The van der Waals surface area contributed by atoms with Gasteiger partial charge in [-0.05, 0) is 47.5 Å². The van der Waals surface area contributed by atoms with Crippen LogP contribution in [-0.4, -0.2) is 35.2 Å². The summed E-state index contributed by atoms with van der Waals surface area (Å²) in [4.78, 5) is 0. The van der Waals surface area contributed by atoms with Crippen LogP contribution < -0.4 is 10.1 Å². The van der Waals surface area contributed by atoms with E-state index in [0.717, 1.165) is 48.8 Å². The number of hydrogen-bond donors (Lipinski definition) is 1. The zero-order valence-corrected chi connectivity index (χ0v) is 18.1. The molecule has 0 aliphatic heterocycles. The second-order valence-electron chi connectivity index (χ2n) is 7.44. The average Bonchev–Trinajstić information content (AvgIpc) is 3.22. The number of rotatable bonds is 9. The predicted octanol–water partition coefficient (Wildman–Crippen LogP) is 4.69. The molecule has 0 fully saturated rings. The molecule has 4 aromatic rings. The van der Waals surface area contributed by atoms with Gasteiger partial charge in [-0.15, -0.1) is 5.10 Å². The molecule has 4 rings (SSSR count). The molecule has 0 aliphatic rings. The Hall–Kier alpha value is -3.44. The summed E-state index contributed by atoms with van der Waals surface area (Å²) in [6.45, 7) is 3.97. The zero-order valence-electron chi connectivity index (χ0n) is 18.1. The third-order valence-corrected chi connectivity index (χ3v) is 5.38. The summed E-state index contributed by atoms with van der Waals surface area (Å²) in [7, 11) is 1.69. The number of likely N-dealkylation sites (N-methyl/N-ethyl adjacent to an activating group) is 1. The van der Waals surface area contributed by atoms with Crippen LogP contribution in [0.3, 0.4) is 0 Å². The molecule has 1 heterocycles. The molecule has 0 saturated carbocycles. The van der Waals surface area contributed by atoms with Crippen LogP contribution in [0.15, 0.2) is 78.9 Å². The Kier molecular flexibility index (Phi) is 6.75. The van der Waals surface area contributed by atoms with Gasteiger partial charge in [-0.25, -0.2) is 4.68 Å². The van der Waals surface area contributed by atoms with Gasteiger partial charge in [0.05, 0.1) is 24.2 Å². The molecule has 1 aromatic heterocycles. The fraction of sp³-hybridized carbons (Fsp3) is 0.231. The van der Waals surface area contributed by atoms with E-state index in [-0.39, 0.29) is 0 Å². The molecule has 1 N–H and O–H groups in total. The molecule has 5 heteroatoms. The van der Waals surface area contributed by atoms with Gasteiger partial charge in [0, 0.05) is 19.4 Å². The van der Waals surface area contributed by atoms with Gasteiger partial charge >= 0.3 is 0 Å². The first kappa shape index (κ1) is 20.8. The molecule has 5 nitrogen and oxygen atoms in total. The summed E-state index contributed by atoms with van der Waals surface area (Å²) in [5, 5.41) is 12.4. The predicted molar refractivity (Wildman–Crippen MR) is 125 cm³/mol. The number of nitrogens with one attached hydrogen (secondary N) is 1. The van der Waals surface area contributed by atoms with Gasteiger partial charge in [-0.3, -0.25) is 0 Å². The smallest absolute Gasteiger partial charge is 0.118 e. The maximum absolute atomic E-state index is 5.26. The lowest BCUT2D eigenvalue weighted by molar-refractivity contribution is 0.415. The minimum atomic E-state index is 0.784. The second-order valence-corrected chi connectivity index (χ2v) is 7.44. The molecular formula is C26H28N4O. The van der Waals surface area contributed by atoms with Gasteiger partial charge in [0.25, 0.3) is 0 Å². The minimum Gasteiger partial charge on any atom is -0.497 e. The zero-order chi connectivity index (χ0) is 21.5. The standard InChI is InChI=1S/C26H28N4O/c1-3-27-18-17-25-26(30(29-28-25)23-7-5-4-6-8-23)19-20-9-11-21(12-10-20)22-13-15-24(31-2)16-14-22/h4-16,27H,3,17-19H2,1-2H3. The number of aromatic nitrogens is 3. The first-order valence-corrected chi connectivity index (χ1v) is 10.7. The van der Waals surface area contributed by atoms with Crippen LogP contribution in [0, 0.1) is 0 Å². The third-order valence-electron chi connectivity index (χ3n) is 5.38. The maximum Gasteiger partial charge on any atom is 0.118 e. The van der Waals surface area contributed by atoms with Crippen LogP contribution in [0.2, 0.25) is 0 Å². The van der Waals surface area contributed by atoms with Gasteiger partial charge in [-0.2, -0.15) is 0 Å². The Morgan fingerprint density at radius 2 is 1.55 bits per heavy atom. The molecule has 0 saturated heterocycles. The molecule has 0 bridgehead atoms. The topological polar surface area (TPSA) is 52.0 Å². The van der Waals surface area contributed by atoms with Crippen LogP contribution in [0.25, 0.3) is 16.8 Å². The Balaban J connectivity index is 1.59. The normalized spacial score (nSPS) is 10.9. The monoisotopic (exact) mass is 412 g/mol. The molecular weight excluding hydrogens is 384 g/mol. The maximum atomic E-state index is 5.26. The van der Waals surface area contributed by atoms with Crippen molar-refractivity contribution in [3.05, 3.63) is 95.8 Å². The fourth-order valence-corrected chi connectivity index (χ4v) is 3.66.